The van der Waals surface area contributed by atoms with Crippen molar-refractivity contribution in [3.8, 4) is 11.5 Å². The summed E-state index contributed by atoms with van der Waals surface area (Å²) in [5.41, 5.74) is 0.921. The molecule has 3 heteroatoms. The van der Waals surface area contributed by atoms with E-state index in [1.807, 2.05) is 13.0 Å². The fourth-order valence-electron chi connectivity index (χ4n) is 1.34. The molecule has 14 heavy (non-hydrogen) atoms. The van der Waals surface area contributed by atoms with E-state index in [-0.39, 0.29) is 5.97 Å². The van der Waals surface area contributed by atoms with E-state index in [2.05, 4.69) is 0 Å². The molecule has 1 aromatic rings. The van der Waals surface area contributed by atoms with E-state index in [4.69, 9.17) is 9.47 Å². The van der Waals surface area contributed by atoms with Gasteiger partial charge in [-0.2, -0.15) is 0 Å². The summed E-state index contributed by atoms with van der Waals surface area (Å²) in [6, 6.07) is 5.42. The molecule has 0 N–H and O–H groups in total. The van der Waals surface area contributed by atoms with Gasteiger partial charge in [0, 0.05) is 12.5 Å². The van der Waals surface area contributed by atoms with Crippen LogP contribution in [0.2, 0.25) is 0 Å². The number of ether oxygens (including phenoxy) is 2. The number of hydrogen-bond donors (Lipinski definition) is 0. The Bertz CT molecular complexity index is 331. The van der Waals surface area contributed by atoms with Crippen LogP contribution in [0.3, 0.4) is 0 Å². The first-order valence-corrected chi connectivity index (χ1v) is 4.53. The molecule has 0 spiro atoms. The van der Waals surface area contributed by atoms with Gasteiger partial charge in [-0.05, 0) is 18.6 Å². The molecule has 0 aliphatic carbocycles. The van der Waals surface area contributed by atoms with Gasteiger partial charge in [-0.3, -0.25) is 4.79 Å². The van der Waals surface area contributed by atoms with Crippen LogP contribution in [0.15, 0.2) is 18.2 Å². The first-order valence-electron chi connectivity index (χ1n) is 4.53. The molecule has 0 saturated carbocycles. The lowest BCUT2D eigenvalue weighted by molar-refractivity contribution is -0.131. The predicted molar refractivity (Wildman–Crippen MR) is 53.7 cm³/mol. The van der Waals surface area contributed by atoms with E-state index < -0.39 is 0 Å². The highest BCUT2D eigenvalue weighted by Gasteiger charge is 2.09. The fraction of sp³-hybridized carbons (Fsp3) is 0.364. The van der Waals surface area contributed by atoms with Crippen LogP contribution in [0.4, 0.5) is 0 Å². The smallest absolute Gasteiger partial charge is 0.308 e. The Morgan fingerprint density at radius 1 is 1.36 bits per heavy atom. The minimum absolute atomic E-state index is 0.312. The zero-order valence-electron chi connectivity index (χ0n) is 8.66. The molecule has 1 rings (SSSR count). The second-order valence-electron chi connectivity index (χ2n) is 2.88. The summed E-state index contributed by atoms with van der Waals surface area (Å²) in [4.78, 5) is 10.8. The topological polar surface area (TPSA) is 35.5 Å². The SMILES string of the molecule is CCc1c(OC)cccc1OC(C)=O. The summed E-state index contributed by atoms with van der Waals surface area (Å²) in [5, 5.41) is 0. The number of esters is 1. The maximum atomic E-state index is 10.8. The number of benzene rings is 1. The highest BCUT2D eigenvalue weighted by molar-refractivity contribution is 5.70. The van der Waals surface area contributed by atoms with Crippen LogP contribution in [0, 0.1) is 0 Å². The average molecular weight is 194 g/mol. The van der Waals surface area contributed by atoms with Crippen molar-refractivity contribution in [2.24, 2.45) is 0 Å². The van der Waals surface area contributed by atoms with E-state index in [1.54, 1.807) is 19.2 Å². The standard InChI is InChI=1S/C11H14O3/c1-4-9-10(13-3)6-5-7-11(9)14-8(2)12/h5-7H,4H2,1-3H3. The number of methoxy groups -OCH3 is 1. The van der Waals surface area contributed by atoms with Gasteiger partial charge < -0.3 is 9.47 Å². The lowest BCUT2D eigenvalue weighted by atomic mass is 10.1. The molecule has 0 aliphatic heterocycles. The van der Waals surface area contributed by atoms with E-state index in [0.717, 1.165) is 17.7 Å². The lowest BCUT2D eigenvalue weighted by Gasteiger charge is -2.11. The van der Waals surface area contributed by atoms with E-state index in [9.17, 15) is 4.79 Å². The van der Waals surface area contributed by atoms with Crippen LogP contribution >= 0.6 is 0 Å². The molecule has 0 unspecified atom stereocenters. The van der Waals surface area contributed by atoms with Crippen molar-refractivity contribution >= 4 is 5.97 Å². The minimum Gasteiger partial charge on any atom is -0.496 e. The zero-order valence-corrected chi connectivity index (χ0v) is 8.66. The Balaban J connectivity index is 3.08. The van der Waals surface area contributed by atoms with Gasteiger partial charge in [0.1, 0.15) is 11.5 Å². The monoisotopic (exact) mass is 194 g/mol. The van der Waals surface area contributed by atoms with Crippen LogP contribution in [0.25, 0.3) is 0 Å². The second-order valence-corrected chi connectivity index (χ2v) is 2.88. The van der Waals surface area contributed by atoms with Crippen LogP contribution < -0.4 is 9.47 Å². The van der Waals surface area contributed by atoms with Gasteiger partial charge in [0.05, 0.1) is 7.11 Å². The Morgan fingerprint density at radius 2 is 2.00 bits per heavy atom. The van der Waals surface area contributed by atoms with Gasteiger partial charge in [0.15, 0.2) is 0 Å². The Labute approximate surface area is 83.6 Å². The quantitative estimate of drug-likeness (QED) is 0.546. The summed E-state index contributed by atoms with van der Waals surface area (Å²) in [6.07, 6.45) is 0.770. The molecule has 0 radical (unpaired) electrons. The molecule has 0 aromatic heterocycles. The van der Waals surface area contributed by atoms with Crippen molar-refractivity contribution in [3.63, 3.8) is 0 Å². The first kappa shape index (κ1) is 10.6. The van der Waals surface area contributed by atoms with Crippen molar-refractivity contribution in [1.82, 2.24) is 0 Å². The number of rotatable bonds is 3. The van der Waals surface area contributed by atoms with Gasteiger partial charge in [0.25, 0.3) is 0 Å². The maximum Gasteiger partial charge on any atom is 0.308 e. The predicted octanol–water partition coefficient (Wildman–Crippen LogP) is 2.18. The number of carbonyl (C=O) groups is 1. The molecule has 0 saturated heterocycles. The number of hydrogen-bond acceptors (Lipinski definition) is 3. The third-order valence-electron chi connectivity index (χ3n) is 1.92. The molecule has 0 atom stereocenters. The largest absolute Gasteiger partial charge is 0.496 e. The molecule has 0 amide bonds. The van der Waals surface area contributed by atoms with Gasteiger partial charge in [-0.1, -0.05) is 13.0 Å². The van der Waals surface area contributed by atoms with Crippen LogP contribution in [-0.4, -0.2) is 13.1 Å². The Morgan fingerprint density at radius 3 is 2.50 bits per heavy atom. The summed E-state index contributed by atoms with van der Waals surface area (Å²) in [5.74, 6) is 1.03. The van der Waals surface area contributed by atoms with Crippen LogP contribution in [-0.2, 0) is 11.2 Å². The Hall–Kier alpha value is -1.51. The summed E-state index contributed by atoms with van der Waals surface area (Å²) in [7, 11) is 1.60. The van der Waals surface area contributed by atoms with Gasteiger partial charge in [0.2, 0.25) is 0 Å². The molecule has 3 nitrogen and oxygen atoms in total. The van der Waals surface area contributed by atoms with Gasteiger partial charge in [-0.15, -0.1) is 0 Å². The molecule has 0 bridgehead atoms. The van der Waals surface area contributed by atoms with E-state index in [0.29, 0.717) is 5.75 Å². The molecule has 0 heterocycles. The van der Waals surface area contributed by atoms with Crippen LogP contribution in [0.1, 0.15) is 19.4 Å². The molecule has 0 aliphatic rings. The highest BCUT2D eigenvalue weighted by Crippen LogP contribution is 2.28. The van der Waals surface area contributed by atoms with Crippen molar-refractivity contribution < 1.29 is 14.3 Å². The van der Waals surface area contributed by atoms with Crippen molar-refractivity contribution in [2.45, 2.75) is 20.3 Å². The van der Waals surface area contributed by atoms with Crippen molar-refractivity contribution in [1.29, 1.82) is 0 Å². The highest BCUT2D eigenvalue weighted by atomic mass is 16.5. The van der Waals surface area contributed by atoms with E-state index in [1.165, 1.54) is 6.92 Å². The zero-order chi connectivity index (χ0) is 10.6. The minimum atomic E-state index is -0.312. The van der Waals surface area contributed by atoms with E-state index >= 15 is 0 Å². The van der Waals surface area contributed by atoms with Gasteiger partial charge in [-0.25, -0.2) is 0 Å². The molecular formula is C11H14O3. The van der Waals surface area contributed by atoms with Crippen molar-refractivity contribution in [3.05, 3.63) is 23.8 Å². The third kappa shape index (κ3) is 2.25. The fourth-order valence-corrected chi connectivity index (χ4v) is 1.34. The summed E-state index contributed by atoms with van der Waals surface area (Å²) < 4.78 is 10.2. The third-order valence-corrected chi connectivity index (χ3v) is 1.92. The average Bonchev–Trinajstić information content (AvgIpc) is 2.16. The molecular weight excluding hydrogens is 180 g/mol. The Kier molecular flexibility index (Phi) is 3.51. The second kappa shape index (κ2) is 4.65. The summed E-state index contributed by atoms with van der Waals surface area (Å²) in [6.45, 7) is 3.38. The summed E-state index contributed by atoms with van der Waals surface area (Å²) >= 11 is 0. The van der Waals surface area contributed by atoms with Gasteiger partial charge >= 0.3 is 5.97 Å². The molecule has 0 fully saturated rings. The van der Waals surface area contributed by atoms with Crippen LogP contribution in [0.5, 0.6) is 11.5 Å². The number of carbonyl (C=O) groups excluding carboxylic acids is 1. The van der Waals surface area contributed by atoms with Crippen molar-refractivity contribution in [2.75, 3.05) is 7.11 Å². The maximum absolute atomic E-state index is 10.8. The first-order chi connectivity index (χ1) is 6.69. The normalized spacial score (nSPS) is 9.64. The molecule has 76 valence electrons. The molecule has 1 aromatic carbocycles. The lowest BCUT2D eigenvalue weighted by Crippen LogP contribution is -2.04.